The quantitative estimate of drug-likeness (QED) is 0.904. The van der Waals surface area contributed by atoms with Gasteiger partial charge in [0.1, 0.15) is 5.75 Å². The van der Waals surface area contributed by atoms with Crippen molar-refractivity contribution in [3.63, 3.8) is 0 Å². The van der Waals surface area contributed by atoms with Crippen molar-refractivity contribution in [3.8, 4) is 5.75 Å². The number of hydrogen-bond acceptors (Lipinski definition) is 3. The van der Waals surface area contributed by atoms with Gasteiger partial charge in [0, 0.05) is 23.9 Å². The fourth-order valence-electron chi connectivity index (χ4n) is 1.74. The Morgan fingerprint density at radius 3 is 2.72 bits per heavy atom. The first-order valence-corrected chi connectivity index (χ1v) is 7.53. The van der Waals surface area contributed by atoms with Gasteiger partial charge in [0.15, 0.2) is 0 Å². The molecule has 1 amide bonds. The van der Waals surface area contributed by atoms with Gasteiger partial charge in [0.2, 0.25) is 0 Å². The molecule has 0 heterocycles. The Morgan fingerprint density at radius 1 is 1.56 bits per heavy atom. The molecule has 0 saturated heterocycles. The highest BCUT2D eigenvalue weighted by Crippen LogP contribution is 2.24. The summed E-state index contributed by atoms with van der Waals surface area (Å²) in [5.74, 6) is 0.635. The summed E-state index contributed by atoms with van der Waals surface area (Å²) in [4.78, 5) is 13.9. The molecule has 0 aromatic heterocycles. The number of carbonyl (C=O) groups excluding carboxylic acids is 1. The van der Waals surface area contributed by atoms with Gasteiger partial charge in [-0.25, -0.2) is 0 Å². The van der Waals surface area contributed by atoms with Crippen LogP contribution in [0.3, 0.4) is 0 Å². The van der Waals surface area contributed by atoms with Crippen molar-refractivity contribution in [2.24, 2.45) is 0 Å². The molecule has 1 aromatic carbocycles. The van der Waals surface area contributed by atoms with Gasteiger partial charge in [0.25, 0.3) is 5.91 Å². The first-order valence-electron chi connectivity index (χ1n) is 5.75. The van der Waals surface area contributed by atoms with Crippen LogP contribution in [-0.4, -0.2) is 41.0 Å². The fraction of sp³-hybridized carbons (Fsp3) is 0.462. The second-order valence-corrected chi connectivity index (χ2v) is 5.44. The lowest BCUT2D eigenvalue weighted by molar-refractivity contribution is 0.0740. The lowest BCUT2D eigenvalue weighted by atomic mass is 10.1. The van der Waals surface area contributed by atoms with E-state index < -0.39 is 0 Å². The van der Waals surface area contributed by atoms with Crippen LogP contribution in [0, 0.1) is 0 Å². The number of halogens is 1. The van der Waals surface area contributed by atoms with Crippen molar-refractivity contribution >= 4 is 29.3 Å². The van der Waals surface area contributed by atoms with Crippen molar-refractivity contribution in [3.05, 3.63) is 28.8 Å². The largest absolute Gasteiger partial charge is 0.507 e. The molecule has 1 N–H and O–H groups in total. The smallest absolute Gasteiger partial charge is 0.257 e. The maximum absolute atomic E-state index is 12.3. The molecule has 3 nitrogen and oxygen atoms in total. The van der Waals surface area contributed by atoms with Crippen LogP contribution in [0.5, 0.6) is 5.75 Å². The average molecular weight is 288 g/mol. The van der Waals surface area contributed by atoms with E-state index >= 15 is 0 Å². The number of phenolic OH excluding ortho intramolecular Hbond substituents is 1. The predicted molar refractivity (Wildman–Crippen MR) is 77.7 cm³/mol. The second-order valence-electron chi connectivity index (χ2n) is 4.09. The number of amides is 1. The lowest BCUT2D eigenvalue weighted by Gasteiger charge is -2.27. The summed E-state index contributed by atoms with van der Waals surface area (Å²) < 4.78 is 0. The number of benzene rings is 1. The van der Waals surface area contributed by atoms with Gasteiger partial charge in [-0.05, 0) is 30.9 Å². The Hall–Kier alpha value is -0.870. The van der Waals surface area contributed by atoms with Gasteiger partial charge in [-0.1, -0.05) is 18.5 Å². The standard InChI is InChI=1S/C13H18ClNO2S/c1-4-10(8-18-3)15(2)13(17)11-6-5-9(14)7-12(11)16/h5-7,10,16H,4,8H2,1-3H3. The molecule has 1 rings (SSSR count). The number of carbonyl (C=O) groups is 1. The summed E-state index contributed by atoms with van der Waals surface area (Å²) in [5, 5.41) is 10.2. The Labute approximate surface area is 117 Å². The Balaban J connectivity index is 2.91. The zero-order valence-corrected chi connectivity index (χ0v) is 12.4. The summed E-state index contributed by atoms with van der Waals surface area (Å²) in [6, 6.07) is 4.72. The van der Waals surface area contributed by atoms with E-state index in [9.17, 15) is 9.90 Å². The van der Waals surface area contributed by atoms with Crippen LogP contribution < -0.4 is 0 Å². The topological polar surface area (TPSA) is 40.5 Å². The highest BCUT2D eigenvalue weighted by molar-refractivity contribution is 7.98. The van der Waals surface area contributed by atoms with Crippen LogP contribution >= 0.6 is 23.4 Å². The first kappa shape index (κ1) is 15.2. The maximum Gasteiger partial charge on any atom is 0.257 e. The van der Waals surface area contributed by atoms with Crippen molar-refractivity contribution in [1.82, 2.24) is 4.90 Å². The van der Waals surface area contributed by atoms with Crippen molar-refractivity contribution in [2.45, 2.75) is 19.4 Å². The van der Waals surface area contributed by atoms with E-state index in [1.165, 1.54) is 6.07 Å². The minimum Gasteiger partial charge on any atom is -0.507 e. The normalized spacial score (nSPS) is 12.2. The van der Waals surface area contributed by atoms with Crippen LogP contribution in [0.15, 0.2) is 18.2 Å². The molecule has 18 heavy (non-hydrogen) atoms. The van der Waals surface area contributed by atoms with Crippen LogP contribution in [0.4, 0.5) is 0 Å². The van der Waals surface area contributed by atoms with Gasteiger partial charge in [-0.2, -0.15) is 11.8 Å². The minimum absolute atomic E-state index is 0.0710. The molecular formula is C13H18ClNO2S. The molecule has 0 saturated carbocycles. The third-order valence-corrected chi connectivity index (χ3v) is 3.84. The predicted octanol–water partition coefficient (Wildman–Crippen LogP) is 3.26. The molecule has 0 fully saturated rings. The van der Waals surface area contributed by atoms with E-state index in [2.05, 4.69) is 0 Å². The number of thioether (sulfide) groups is 1. The van der Waals surface area contributed by atoms with E-state index in [1.54, 1.807) is 35.8 Å². The molecule has 1 aromatic rings. The molecule has 1 atom stereocenters. The molecule has 0 aliphatic rings. The second kappa shape index (κ2) is 6.90. The van der Waals surface area contributed by atoms with E-state index in [0.717, 1.165) is 12.2 Å². The van der Waals surface area contributed by atoms with Crippen molar-refractivity contribution in [2.75, 3.05) is 19.1 Å². The number of phenols is 1. The van der Waals surface area contributed by atoms with Gasteiger partial charge in [-0.3, -0.25) is 4.79 Å². The third kappa shape index (κ3) is 3.56. The zero-order valence-electron chi connectivity index (χ0n) is 10.8. The van der Waals surface area contributed by atoms with Crippen LogP contribution in [0.2, 0.25) is 5.02 Å². The number of nitrogens with zero attached hydrogens (tertiary/aromatic N) is 1. The molecule has 0 aliphatic carbocycles. The number of aromatic hydroxyl groups is 1. The van der Waals surface area contributed by atoms with Crippen LogP contribution in [0.25, 0.3) is 0 Å². The summed E-state index contributed by atoms with van der Waals surface area (Å²) in [6.07, 6.45) is 2.90. The highest BCUT2D eigenvalue weighted by Gasteiger charge is 2.21. The SMILES string of the molecule is CCC(CSC)N(C)C(=O)c1ccc(Cl)cc1O. The molecule has 0 aliphatic heterocycles. The van der Waals surface area contributed by atoms with Crippen molar-refractivity contribution in [1.29, 1.82) is 0 Å². The molecule has 5 heteroatoms. The molecule has 0 radical (unpaired) electrons. The third-order valence-electron chi connectivity index (χ3n) is 2.89. The van der Waals surface area contributed by atoms with E-state index in [-0.39, 0.29) is 17.7 Å². The fourth-order valence-corrected chi connectivity index (χ4v) is 2.75. The zero-order chi connectivity index (χ0) is 13.7. The van der Waals surface area contributed by atoms with Gasteiger partial charge < -0.3 is 10.0 Å². The highest BCUT2D eigenvalue weighted by atomic mass is 35.5. The van der Waals surface area contributed by atoms with Gasteiger partial charge >= 0.3 is 0 Å². The van der Waals surface area contributed by atoms with Crippen LogP contribution in [-0.2, 0) is 0 Å². The van der Waals surface area contributed by atoms with Crippen molar-refractivity contribution < 1.29 is 9.90 Å². The molecule has 1 unspecified atom stereocenters. The average Bonchev–Trinajstić information content (AvgIpc) is 2.34. The molecule has 0 spiro atoms. The summed E-state index contributed by atoms with van der Waals surface area (Å²) >= 11 is 7.46. The lowest BCUT2D eigenvalue weighted by Crippen LogP contribution is -2.38. The van der Waals surface area contributed by atoms with E-state index in [0.29, 0.717) is 10.6 Å². The molecular weight excluding hydrogens is 270 g/mol. The van der Waals surface area contributed by atoms with E-state index in [4.69, 9.17) is 11.6 Å². The Morgan fingerprint density at radius 2 is 2.22 bits per heavy atom. The summed E-state index contributed by atoms with van der Waals surface area (Å²) in [5.41, 5.74) is 0.293. The monoisotopic (exact) mass is 287 g/mol. The Bertz CT molecular complexity index is 425. The minimum atomic E-state index is -0.176. The molecule has 0 bridgehead atoms. The van der Waals surface area contributed by atoms with E-state index in [1.807, 2.05) is 13.2 Å². The number of hydrogen-bond donors (Lipinski definition) is 1. The van der Waals surface area contributed by atoms with Gasteiger partial charge in [0.05, 0.1) is 5.56 Å². The first-order chi connectivity index (χ1) is 8.51. The summed E-state index contributed by atoms with van der Waals surface area (Å²) in [7, 11) is 1.76. The van der Waals surface area contributed by atoms with Gasteiger partial charge in [-0.15, -0.1) is 0 Å². The van der Waals surface area contributed by atoms with Crippen LogP contribution in [0.1, 0.15) is 23.7 Å². The Kier molecular flexibility index (Phi) is 5.82. The summed E-state index contributed by atoms with van der Waals surface area (Å²) in [6.45, 7) is 2.05. The number of rotatable bonds is 5. The molecule has 100 valence electrons. The maximum atomic E-state index is 12.3.